The van der Waals surface area contributed by atoms with Gasteiger partial charge in [0.05, 0.1) is 5.56 Å². The van der Waals surface area contributed by atoms with E-state index in [0.717, 1.165) is 0 Å². The number of carbonyl (C=O) groups excluding carboxylic acids is 2. The molecule has 0 atom stereocenters. The van der Waals surface area contributed by atoms with Gasteiger partial charge in [0.25, 0.3) is 5.91 Å². The zero-order valence-electron chi connectivity index (χ0n) is 15.5. The average Bonchev–Trinajstić information content (AvgIpc) is 3.18. The molecular formula is C20H17F3N4O2S. The molecule has 0 aliphatic rings. The average molecular weight is 434 g/mol. The minimum atomic E-state index is -4.49. The molecule has 0 radical (unpaired) electrons. The second kappa shape index (κ2) is 9.49. The molecule has 6 nitrogen and oxygen atoms in total. The van der Waals surface area contributed by atoms with Crippen LogP contribution in [0.15, 0.2) is 71.9 Å². The van der Waals surface area contributed by atoms with E-state index in [9.17, 15) is 22.8 Å². The van der Waals surface area contributed by atoms with E-state index in [0.29, 0.717) is 11.3 Å². The highest BCUT2D eigenvalue weighted by molar-refractivity contribution is 8.00. The number of benzene rings is 2. The van der Waals surface area contributed by atoms with E-state index >= 15 is 0 Å². The van der Waals surface area contributed by atoms with E-state index in [1.807, 2.05) is 0 Å². The fourth-order valence-electron chi connectivity index (χ4n) is 2.65. The van der Waals surface area contributed by atoms with Crippen molar-refractivity contribution >= 4 is 29.3 Å². The summed E-state index contributed by atoms with van der Waals surface area (Å²) >= 11 is -0.327. The first kappa shape index (κ1) is 21.4. The van der Waals surface area contributed by atoms with Gasteiger partial charge >= 0.3 is 5.51 Å². The third-order valence-electron chi connectivity index (χ3n) is 3.89. The molecule has 0 bridgehead atoms. The monoisotopic (exact) mass is 434 g/mol. The fraction of sp³-hybridized carbons (Fsp3) is 0.150. The van der Waals surface area contributed by atoms with Crippen LogP contribution >= 0.6 is 11.8 Å². The molecule has 3 rings (SSSR count). The molecule has 3 aromatic rings. The smallest absolute Gasteiger partial charge is 0.348 e. The van der Waals surface area contributed by atoms with Crippen LogP contribution in [-0.4, -0.2) is 27.1 Å². The van der Waals surface area contributed by atoms with Gasteiger partial charge in [-0.25, -0.2) is 0 Å². The maximum Gasteiger partial charge on any atom is 0.446 e. The lowest BCUT2D eigenvalue weighted by atomic mass is 10.1. The first-order chi connectivity index (χ1) is 14.3. The first-order valence-electron chi connectivity index (χ1n) is 8.79. The maximum atomic E-state index is 12.7. The SMILES string of the molecule is O=C(Cn1cccn1)Nc1cccc(CNC(=O)c2ccccc2SC(F)(F)F)c1. The van der Waals surface area contributed by atoms with Gasteiger partial charge in [0.15, 0.2) is 0 Å². The summed E-state index contributed by atoms with van der Waals surface area (Å²) in [6, 6.07) is 14.1. The van der Waals surface area contributed by atoms with Crippen LogP contribution in [-0.2, 0) is 17.9 Å². The van der Waals surface area contributed by atoms with Crippen LogP contribution in [0.4, 0.5) is 18.9 Å². The Balaban J connectivity index is 1.60. The van der Waals surface area contributed by atoms with Crippen molar-refractivity contribution in [2.24, 2.45) is 0 Å². The van der Waals surface area contributed by atoms with Crippen LogP contribution in [0.5, 0.6) is 0 Å². The number of anilines is 1. The summed E-state index contributed by atoms with van der Waals surface area (Å²) in [6.45, 7) is 0.147. The summed E-state index contributed by atoms with van der Waals surface area (Å²) < 4.78 is 39.6. The predicted molar refractivity (Wildman–Crippen MR) is 107 cm³/mol. The zero-order valence-corrected chi connectivity index (χ0v) is 16.3. The van der Waals surface area contributed by atoms with Crippen molar-refractivity contribution in [3.8, 4) is 0 Å². The van der Waals surface area contributed by atoms with Crippen molar-refractivity contribution in [2.45, 2.75) is 23.5 Å². The number of halogens is 3. The molecule has 0 aliphatic carbocycles. The lowest BCUT2D eigenvalue weighted by Gasteiger charge is -2.12. The number of nitrogens with zero attached hydrogens (tertiary/aromatic N) is 2. The standard InChI is InChI=1S/C20H17F3N4O2S/c21-20(22,23)30-17-8-2-1-7-16(17)19(29)24-12-14-5-3-6-15(11-14)26-18(28)13-27-10-4-9-25-27/h1-11H,12-13H2,(H,24,29)(H,26,28). The molecule has 0 unspecified atom stereocenters. The van der Waals surface area contributed by atoms with Gasteiger partial charge in [0.2, 0.25) is 5.91 Å². The number of carbonyl (C=O) groups is 2. The van der Waals surface area contributed by atoms with Gasteiger partial charge in [-0.2, -0.15) is 18.3 Å². The van der Waals surface area contributed by atoms with E-state index in [4.69, 9.17) is 0 Å². The maximum absolute atomic E-state index is 12.7. The van der Waals surface area contributed by atoms with E-state index in [1.54, 1.807) is 42.7 Å². The van der Waals surface area contributed by atoms with Crippen molar-refractivity contribution in [1.29, 1.82) is 0 Å². The molecular weight excluding hydrogens is 417 g/mol. The number of thioether (sulfide) groups is 1. The summed E-state index contributed by atoms with van der Waals surface area (Å²) in [5.41, 5.74) is -3.32. The van der Waals surface area contributed by atoms with Gasteiger partial charge in [-0.05, 0) is 47.7 Å². The Morgan fingerprint density at radius 3 is 2.60 bits per heavy atom. The largest absolute Gasteiger partial charge is 0.446 e. The van der Waals surface area contributed by atoms with Crippen LogP contribution < -0.4 is 10.6 Å². The highest BCUT2D eigenvalue weighted by Gasteiger charge is 2.31. The van der Waals surface area contributed by atoms with Crippen LogP contribution in [0.3, 0.4) is 0 Å². The van der Waals surface area contributed by atoms with Crippen LogP contribution in [0.25, 0.3) is 0 Å². The first-order valence-corrected chi connectivity index (χ1v) is 9.61. The van der Waals surface area contributed by atoms with Crippen molar-refractivity contribution in [3.63, 3.8) is 0 Å². The third-order valence-corrected chi connectivity index (χ3v) is 4.69. The summed E-state index contributed by atoms with van der Waals surface area (Å²) in [5, 5.41) is 9.30. The number of amides is 2. The third kappa shape index (κ3) is 6.38. The van der Waals surface area contributed by atoms with Crippen molar-refractivity contribution in [1.82, 2.24) is 15.1 Å². The van der Waals surface area contributed by atoms with Crippen molar-refractivity contribution in [3.05, 3.63) is 78.1 Å². The highest BCUT2D eigenvalue weighted by atomic mass is 32.2. The Bertz CT molecular complexity index is 1020. The lowest BCUT2D eigenvalue weighted by molar-refractivity contribution is -0.116. The molecule has 2 amide bonds. The second-order valence-electron chi connectivity index (χ2n) is 6.18. The molecule has 1 aromatic heterocycles. The second-order valence-corrected chi connectivity index (χ2v) is 7.29. The Hall–Kier alpha value is -3.27. The topological polar surface area (TPSA) is 76.0 Å². The molecule has 0 spiro atoms. The summed E-state index contributed by atoms with van der Waals surface area (Å²) in [7, 11) is 0. The minimum absolute atomic E-state index is 0.0523. The number of hydrogen-bond acceptors (Lipinski definition) is 4. The molecule has 10 heteroatoms. The molecule has 0 fully saturated rings. The van der Waals surface area contributed by atoms with Crippen LogP contribution in [0.2, 0.25) is 0 Å². The predicted octanol–water partition coefficient (Wildman–Crippen LogP) is 4.06. The Morgan fingerprint density at radius 1 is 1.07 bits per heavy atom. The van der Waals surface area contributed by atoms with E-state index in [1.165, 1.54) is 28.9 Å². The van der Waals surface area contributed by atoms with Crippen molar-refractivity contribution < 1.29 is 22.8 Å². The Labute approximate surface area is 174 Å². The number of rotatable bonds is 7. The van der Waals surface area contributed by atoms with Crippen molar-refractivity contribution in [2.75, 3.05) is 5.32 Å². The van der Waals surface area contributed by atoms with Gasteiger partial charge in [0.1, 0.15) is 6.54 Å². The Kier molecular flexibility index (Phi) is 6.78. The van der Waals surface area contributed by atoms with E-state index in [-0.39, 0.29) is 41.2 Å². The highest BCUT2D eigenvalue weighted by Crippen LogP contribution is 2.38. The van der Waals surface area contributed by atoms with Gasteiger partial charge in [0, 0.05) is 29.5 Å². The number of alkyl halides is 3. The fourth-order valence-corrected chi connectivity index (χ4v) is 3.31. The zero-order chi connectivity index (χ0) is 21.6. The number of nitrogens with one attached hydrogen (secondary N) is 2. The molecule has 30 heavy (non-hydrogen) atoms. The minimum Gasteiger partial charge on any atom is -0.348 e. The van der Waals surface area contributed by atoms with Gasteiger partial charge in [-0.1, -0.05) is 24.3 Å². The normalized spacial score (nSPS) is 11.2. The van der Waals surface area contributed by atoms with E-state index < -0.39 is 11.4 Å². The van der Waals surface area contributed by atoms with Gasteiger partial charge in [-0.3, -0.25) is 14.3 Å². The quantitative estimate of drug-likeness (QED) is 0.550. The Morgan fingerprint density at radius 2 is 1.87 bits per heavy atom. The summed E-state index contributed by atoms with van der Waals surface area (Å²) in [6.07, 6.45) is 3.24. The molecule has 156 valence electrons. The van der Waals surface area contributed by atoms with Gasteiger partial charge < -0.3 is 10.6 Å². The number of aromatic nitrogens is 2. The van der Waals surface area contributed by atoms with Crippen LogP contribution in [0.1, 0.15) is 15.9 Å². The number of hydrogen-bond donors (Lipinski definition) is 2. The summed E-state index contributed by atoms with van der Waals surface area (Å²) in [4.78, 5) is 24.3. The molecule has 2 aromatic carbocycles. The molecule has 0 saturated carbocycles. The lowest BCUT2D eigenvalue weighted by Crippen LogP contribution is -2.24. The molecule has 0 aliphatic heterocycles. The molecule has 0 saturated heterocycles. The van der Waals surface area contributed by atoms with Crippen LogP contribution in [0, 0.1) is 0 Å². The molecule has 1 heterocycles. The van der Waals surface area contributed by atoms with Gasteiger partial charge in [-0.15, -0.1) is 0 Å². The van der Waals surface area contributed by atoms with E-state index in [2.05, 4.69) is 15.7 Å². The summed E-state index contributed by atoms with van der Waals surface area (Å²) in [5.74, 6) is -0.881. The molecule has 2 N–H and O–H groups in total.